The molecule has 4 nitrogen and oxygen atoms in total. The molecule has 2 atom stereocenters. The van der Waals surface area contributed by atoms with Gasteiger partial charge in [-0.2, -0.15) is 0 Å². The number of nitrogens with zero attached hydrogens (tertiary/aromatic N) is 1. The number of carboxylic acids is 1. The molecule has 0 radical (unpaired) electrons. The number of quaternary nitrogens is 1. The molecule has 0 aliphatic heterocycles. The van der Waals surface area contributed by atoms with Gasteiger partial charge in [0.05, 0.1) is 21.1 Å². The van der Waals surface area contributed by atoms with E-state index in [1.165, 1.54) is 96.3 Å². The zero-order valence-electron chi connectivity index (χ0n) is 22.7. The highest BCUT2D eigenvalue weighted by Crippen LogP contribution is 2.18. The van der Waals surface area contributed by atoms with E-state index in [1.807, 2.05) is 21.1 Å². The lowest BCUT2D eigenvalue weighted by Crippen LogP contribution is -2.48. The van der Waals surface area contributed by atoms with Gasteiger partial charge in [0.1, 0.15) is 12.6 Å². The van der Waals surface area contributed by atoms with Gasteiger partial charge in [0.25, 0.3) is 0 Å². The van der Waals surface area contributed by atoms with Gasteiger partial charge in [-0.3, -0.25) is 0 Å². The smallest absolute Gasteiger partial charge is 0.111 e. The van der Waals surface area contributed by atoms with Crippen LogP contribution < -0.4 is 5.11 Å². The summed E-state index contributed by atoms with van der Waals surface area (Å²) in [6.07, 6.45) is 27.5. The number of unbranched alkanes of at least 4 members (excludes halogenated alkanes) is 16. The normalized spacial score (nSPS) is 14.1. The number of aliphatic hydroxyl groups is 1. The molecular weight excluding hydrogens is 410 g/mol. The van der Waals surface area contributed by atoms with Crippen LogP contribution in [0.25, 0.3) is 0 Å². The minimum atomic E-state index is -1.11. The molecule has 0 heterocycles. The highest BCUT2D eigenvalue weighted by Gasteiger charge is 2.25. The van der Waals surface area contributed by atoms with E-state index in [-0.39, 0.29) is 0 Å². The summed E-state index contributed by atoms with van der Waals surface area (Å²) in [6, 6.07) is 0. The Morgan fingerprint density at radius 3 is 1.52 bits per heavy atom. The highest BCUT2D eigenvalue weighted by molar-refractivity contribution is 5.68. The van der Waals surface area contributed by atoms with E-state index in [2.05, 4.69) is 19.1 Å². The minimum Gasteiger partial charge on any atom is -0.550 e. The van der Waals surface area contributed by atoms with Crippen LogP contribution in [-0.4, -0.2) is 49.4 Å². The molecule has 0 aliphatic rings. The van der Waals surface area contributed by atoms with Crippen molar-refractivity contribution in [2.45, 2.75) is 135 Å². The summed E-state index contributed by atoms with van der Waals surface area (Å²) in [5, 5.41) is 21.6. The molecule has 0 spiro atoms. The van der Waals surface area contributed by atoms with Crippen molar-refractivity contribution in [1.29, 1.82) is 0 Å². The van der Waals surface area contributed by atoms with Crippen molar-refractivity contribution in [2.24, 2.45) is 5.92 Å². The van der Waals surface area contributed by atoms with Crippen molar-refractivity contribution in [2.75, 3.05) is 27.7 Å². The van der Waals surface area contributed by atoms with Crippen LogP contribution in [0.2, 0.25) is 0 Å². The summed E-state index contributed by atoms with van der Waals surface area (Å²) in [6.45, 7) is 2.71. The van der Waals surface area contributed by atoms with E-state index in [1.54, 1.807) is 0 Å². The van der Waals surface area contributed by atoms with Crippen molar-refractivity contribution in [1.82, 2.24) is 0 Å². The van der Waals surface area contributed by atoms with Gasteiger partial charge < -0.3 is 19.5 Å². The molecule has 0 bridgehead atoms. The third-order valence-electron chi connectivity index (χ3n) is 6.53. The Balaban J connectivity index is 3.47. The summed E-state index contributed by atoms with van der Waals surface area (Å²) in [5.74, 6) is -1.85. The van der Waals surface area contributed by atoms with Gasteiger partial charge in [0, 0.05) is 11.9 Å². The second kappa shape index (κ2) is 21.6. The lowest BCUT2D eigenvalue weighted by atomic mass is 9.94. The van der Waals surface area contributed by atoms with Crippen LogP contribution in [-0.2, 0) is 4.79 Å². The van der Waals surface area contributed by atoms with Gasteiger partial charge in [-0.15, -0.1) is 0 Å². The SMILES string of the molecule is CCCCCCCC/C=C\CCCCCCCCCCCCC(C(=O)[O-])C(O)C[N+](C)(C)C. The molecule has 2 unspecified atom stereocenters. The molecule has 0 saturated carbocycles. The van der Waals surface area contributed by atoms with E-state index < -0.39 is 18.0 Å². The molecule has 0 fully saturated rings. The minimum absolute atomic E-state index is 0.439. The molecular formula is C29H57NO3. The first kappa shape index (κ1) is 32.1. The van der Waals surface area contributed by atoms with Crippen LogP contribution in [0, 0.1) is 5.92 Å². The number of likely N-dealkylation sites (N-methyl/N-ethyl adjacent to an activating group) is 1. The van der Waals surface area contributed by atoms with Crippen LogP contribution >= 0.6 is 0 Å². The van der Waals surface area contributed by atoms with Gasteiger partial charge in [-0.25, -0.2) is 0 Å². The predicted octanol–water partition coefficient (Wildman–Crippen LogP) is 6.41. The van der Waals surface area contributed by atoms with Gasteiger partial charge in [-0.05, 0) is 32.1 Å². The van der Waals surface area contributed by atoms with E-state index >= 15 is 0 Å². The molecule has 33 heavy (non-hydrogen) atoms. The Bertz CT molecular complexity index is 470. The van der Waals surface area contributed by atoms with Crippen LogP contribution in [0.1, 0.15) is 129 Å². The zero-order valence-corrected chi connectivity index (χ0v) is 22.7. The Labute approximate surface area is 206 Å². The van der Waals surface area contributed by atoms with Gasteiger partial charge >= 0.3 is 0 Å². The number of aliphatic hydroxyl groups excluding tert-OH is 1. The maximum Gasteiger partial charge on any atom is 0.111 e. The van der Waals surface area contributed by atoms with Crippen molar-refractivity contribution >= 4 is 5.97 Å². The number of carbonyl (C=O) groups is 1. The third kappa shape index (κ3) is 22.7. The first-order chi connectivity index (χ1) is 15.8. The summed E-state index contributed by atoms with van der Waals surface area (Å²) in [5.41, 5.74) is 0. The maximum atomic E-state index is 11.4. The molecule has 0 aromatic heterocycles. The highest BCUT2D eigenvalue weighted by atomic mass is 16.4. The Hall–Kier alpha value is -0.870. The van der Waals surface area contributed by atoms with Gasteiger partial charge in [0.15, 0.2) is 0 Å². The molecule has 0 amide bonds. The van der Waals surface area contributed by atoms with E-state index in [4.69, 9.17) is 0 Å². The second-order valence-corrected chi connectivity index (χ2v) is 11.1. The summed E-state index contributed by atoms with van der Waals surface area (Å²) in [4.78, 5) is 11.4. The molecule has 0 aliphatic carbocycles. The average molecular weight is 468 g/mol. The first-order valence-corrected chi connectivity index (χ1v) is 14.1. The number of hydrogen-bond acceptors (Lipinski definition) is 3. The fourth-order valence-corrected chi connectivity index (χ4v) is 4.47. The Kier molecular flexibility index (Phi) is 21.1. The molecule has 0 rings (SSSR count). The molecule has 0 aromatic carbocycles. The summed E-state index contributed by atoms with van der Waals surface area (Å²) < 4.78 is 0.556. The van der Waals surface area contributed by atoms with Gasteiger partial charge in [-0.1, -0.05) is 109 Å². The van der Waals surface area contributed by atoms with Crippen molar-refractivity contribution < 1.29 is 19.5 Å². The van der Waals surface area contributed by atoms with Crippen molar-refractivity contribution in [3.05, 3.63) is 12.2 Å². The third-order valence-corrected chi connectivity index (χ3v) is 6.53. The van der Waals surface area contributed by atoms with E-state index in [0.717, 1.165) is 19.3 Å². The zero-order chi connectivity index (χ0) is 24.8. The number of hydrogen-bond donors (Lipinski definition) is 1. The monoisotopic (exact) mass is 467 g/mol. The van der Waals surface area contributed by atoms with Crippen LogP contribution in [0.5, 0.6) is 0 Å². The molecule has 4 heteroatoms. The van der Waals surface area contributed by atoms with E-state index in [0.29, 0.717) is 17.4 Å². The van der Waals surface area contributed by atoms with Crippen molar-refractivity contribution in [3.8, 4) is 0 Å². The molecule has 196 valence electrons. The number of carbonyl (C=O) groups excluding carboxylic acids is 1. The fraction of sp³-hybridized carbons (Fsp3) is 0.897. The molecule has 1 N–H and O–H groups in total. The van der Waals surface area contributed by atoms with Crippen molar-refractivity contribution in [3.63, 3.8) is 0 Å². The molecule has 0 aromatic rings. The lowest BCUT2D eigenvalue weighted by molar-refractivity contribution is -0.874. The Morgan fingerprint density at radius 1 is 0.727 bits per heavy atom. The summed E-state index contributed by atoms with van der Waals surface area (Å²) >= 11 is 0. The standard InChI is InChI=1S/C29H57NO3/c1-5-6-7-8-9-10-11-12-13-14-15-16-17-18-19-20-21-22-23-24-25-27(29(32)33)28(31)26-30(2,3)4/h12-13,27-28,31H,5-11,14-26H2,1-4H3/b13-12-. The van der Waals surface area contributed by atoms with Crippen LogP contribution in [0.15, 0.2) is 12.2 Å². The van der Waals surface area contributed by atoms with Crippen LogP contribution in [0.3, 0.4) is 0 Å². The number of aliphatic carboxylic acids is 1. The van der Waals surface area contributed by atoms with E-state index in [9.17, 15) is 15.0 Å². The van der Waals surface area contributed by atoms with Gasteiger partial charge in [0.2, 0.25) is 0 Å². The number of allylic oxidation sites excluding steroid dienone is 2. The first-order valence-electron chi connectivity index (χ1n) is 14.1. The largest absolute Gasteiger partial charge is 0.550 e. The Morgan fingerprint density at radius 2 is 1.12 bits per heavy atom. The lowest BCUT2D eigenvalue weighted by Gasteiger charge is -2.31. The number of rotatable bonds is 24. The second-order valence-electron chi connectivity index (χ2n) is 11.1. The summed E-state index contributed by atoms with van der Waals surface area (Å²) in [7, 11) is 5.89. The quantitative estimate of drug-likeness (QED) is 0.101. The predicted molar refractivity (Wildman–Crippen MR) is 140 cm³/mol. The topological polar surface area (TPSA) is 60.4 Å². The average Bonchev–Trinajstić information content (AvgIpc) is 2.73. The maximum absolute atomic E-state index is 11.4. The van der Waals surface area contributed by atoms with Crippen LogP contribution in [0.4, 0.5) is 0 Å². The fourth-order valence-electron chi connectivity index (χ4n) is 4.47. The number of carboxylic acid groups (broad SMARTS) is 1. The molecule has 0 saturated heterocycles.